The fourth-order valence-electron chi connectivity index (χ4n) is 2.43. The Labute approximate surface area is 89.7 Å². The Morgan fingerprint density at radius 1 is 1.29 bits per heavy atom. The van der Waals surface area contributed by atoms with E-state index in [0.717, 1.165) is 5.92 Å². The molecule has 0 aromatic heterocycles. The molecule has 1 fully saturated rings. The smallest absolute Gasteiger partial charge is 0.00363 e. The number of nitrogens with one attached hydrogen (secondary N) is 1. The van der Waals surface area contributed by atoms with E-state index in [2.05, 4.69) is 33.0 Å². The molecule has 1 N–H and O–H groups in total. The lowest BCUT2D eigenvalue weighted by Gasteiger charge is -2.33. The van der Waals surface area contributed by atoms with Gasteiger partial charge in [0.15, 0.2) is 0 Å². The summed E-state index contributed by atoms with van der Waals surface area (Å²) in [5.74, 6) is 0.957. The van der Waals surface area contributed by atoms with Crippen LogP contribution in [0.25, 0.3) is 0 Å². The molecule has 0 spiro atoms. The Morgan fingerprint density at radius 2 is 1.86 bits per heavy atom. The Balaban J connectivity index is 2.32. The van der Waals surface area contributed by atoms with E-state index in [4.69, 9.17) is 0 Å². The normalized spacial score (nSPS) is 21.4. The maximum atomic E-state index is 3.65. The van der Waals surface area contributed by atoms with E-state index < -0.39 is 0 Å². The Hall–Kier alpha value is -0.0400. The first-order valence-electron chi connectivity index (χ1n) is 6.29. The lowest BCUT2D eigenvalue weighted by atomic mass is 9.77. The van der Waals surface area contributed by atoms with Gasteiger partial charge in [-0.1, -0.05) is 33.6 Å². The molecule has 1 unspecified atom stereocenters. The Kier molecular flexibility index (Phi) is 4.43. The maximum absolute atomic E-state index is 3.65. The zero-order valence-electron chi connectivity index (χ0n) is 10.4. The summed E-state index contributed by atoms with van der Waals surface area (Å²) in [5.41, 5.74) is 0.500. The number of hydrogen-bond acceptors (Lipinski definition) is 1. The van der Waals surface area contributed by atoms with Crippen molar-refractivity contribution in [2.45, 2.75) is 65.8 Å². The van der Waals surface area contributed by atoms with Crippen LogP contribution in [0, 0.1) is 11.3 Å². The Morgan fingerprint density at radius 3 is 2.36 bits per heavy atom. The van der Waals surface area contributed by atoms with E-state index in [-0.39, 0.29) is 0 Å². The largest absolute Gasteiger partial charge is 0.314 e. The minimum atomic E-state index is 0.500. The average Bonchev–Trinajstić information content (AvgIpc) is 2.67. The molecule has 84 valence electrons. The summed E-state index contributed by atoms with van der Waals surface area (Å²) in [6.07, 6.45) is 7.06. The molecule has 0 amide bonds. The molecule has 0 aromatic carbocycles. The lowest BCUT2D eigenvalue weighted by Crippen LogP contribution is -2.38. The predicted octanol–water partition coefficient (Wildman–Crippen LogP) is 3.59. The van der Waals surface area contributed by atoms with Gasteiger partial charge in [0.1, 0.15) is 0 Å². The van der Waals surface area contributed by atoms with Crippen LogP contribution in [0.3, 0.4) is 0 Å². The summed E-state index contributed by atoms with van der Waals surface area (Å²) >= 11 is 0. The van der Waals surface area contributed by atoms with Crippen LogP contribution in [0.1, 0.15) is 59.8 Å². The van der Waals surface area contributed by atoms with Crippen molar-refractivity contribution >= 4 is 0 Å². The van der Waals surface area contributed by atoms with Gasteiger partial charge < -0.3 is 5.32 Å². The zero-order valence-corrected chi connectivity index (χ0v) is 10.4. The van der Waals surface area contributed by atoms with Gasteiger partial charge in [-0.15, -0.1) is 0 Å². The van der Waals surface area contributed by atoms with Crippen LogP contribution in [0.5, 0.6) is 0 Å². The molecule has 1 rings (SSSR count). The quantitative estimate of drug-likeness (QED) is 0.710. The maximum Gasteiger partial charge on any atom is 0.00363 e. The van der Waals surface area contributed by atoms with Gasteiger partial charge in [0, 0.05) is 12.6 Å². The van der Waals surface area contributed by atoms with Crippen LogP contribution in [0.2, 0.25) is 0 Å². The van der Waals surface area contributed by atoms with Crippen molar-refractivity contribution in [3.63, 3.8) is 0 Å². The van der Waals surface area contributed by atoms with Gasteiger partial charge in [-0.05, 0) is 37.5 Å². The van der Waals surface area contributed by atoms with Crippen molar-refractivity contribution in [1.29, 1.82) is 0 Å². The van der Waals surface area contributed by atoms with Crippen LogP contribution in [0.4, 0.5) is 0 Å². The molecule has 1 saturated carbocycles. The van der Waals surface area contributed by atoms with E-state index in [1.807, 2.05) is 0 Å². The third kappa shape index (κ3) is 3.27. The van der Waals surface area contributed by atoms with Crippen molar-refractivity contribution in [1.82, 2.24) is 5.32 Å². The first-order chi connectivity index (χ1) is 6.56. The summed E-state index contributed by atoms with van der Waals surface area (Å²) in [6, 6.07) is 0.677. The molecule has 0 heterocycles. The molecule has 1 aliphatic rings. The molecule has 0 bridgehead atoms. The third-order valence-electron chi connectivity index (χ3n) is 3.98. The summed E-state index contributed by atoms with van der Waals surface area (Å²) in [7, 11) is 0. The van der Waals surface area contributed by atoms with Gasteiger partial charge in [0.2, 0.25) is 0 Å². The highest BCUT2D eigenvalue weighted by atomic mass is 14.9. The van der Waals surface area contributed by atoms with E-state index >= 15 is 0 Å². The molecule has 0 aromatic rings. The van der Waals surface area contributed by atoms with E-state index in [1.165, 1.54) is 38.6 Å². The van der Waals surface area contributed by atoms with Crippen LogP contribution in [-0.2, 0) is 0 Å². The standard InChI is InChI=1S/C13H27N/c1-5-11(2)14-10-13(3,4)12-8-6-7-9-12/h11-12,14H,5-10H2,1-4H3. The van der Waals surface area contributed by atoms with Gasteiger partial charge in [0.05, 0.1) is 0 Å². The molecule has 1 nitrogen and oxygen atoms in total. The second kappa shape index (κ2) is 5.16. The van der Waals surface area contributed by atoms with Crippen molar-refractivity contribution in [3.8, 4) is 0 Å². The van der Waals surface area contributed by atoms with Crippen LogP contribution in [0.15, 0.2) is 0 Å². The SMILES string of the molecule is CCC(C)NCC(C)(C)C1CCCC1. The summed E-state index contributed by atoms with van der Waals surface area (Å²) in [4.78, 5) is 0. The van der Waals surface area contributed by atoms with Gasteiger partial charge >= 0.3 is 0 Å². The molecule has 1 heteroatoms. The third-order valence-corrected chi connectivity index (χ3v) is 3.98. The highest BCUT2D eigenvalue weighted by Gasteiger charge is 2.31. The predicted molar refractivity (Wildman–Crippen MR) is 63.5 cm³/mol. The fraction of sp³-hybridized carbons (Fsp3) is 1.00. The second-order valence-corrected chi connectivity index (χ2v) is 5.66. The molecule has 1 atom stereocenters. The second-order valence-electron chi connectivity index (χ2n) is 5.66. The molecule has 0 radical (unpaired) electrons. The topological polar surface area (TPSA) is 12.0 Å². The van der Waals surface area contributed by atoms with E-state index in [0.29, 0.717) is 11.5 Å². The highest BCUT2D eigenvalue weighted by molar-refractivity contribution is 4.84. The average molecular weight is 197 g/mol. The molecular formula is C13H27N. The minimum absolute atomic E-state index is 0.500. The molecule has 0 saturated heterocycles. The monoisotopic (exact) mass is 197 g/mol. The van der Waals surface area contributed by atoms with Crippen molar-refractivity contribution in [2.75, 3.05) is 6.54 Å². The molecule has 0 aliphatic heterocycles. The molecule has 1 aliphatic carbocycles. The Bertz CT molecular complexity index is 157. The lowest BCUT2D eigenvalue weighted by molar-refractivity contribution is 0.201. The summed E-state index contributed by atoms with van der Waals surface area (Å²) < 4.78 is 0. The fourth-order valence-corrected chi connectivity index (χ4v) is 2.43. The molecular weight excluding hydrogens is 170 g/mol. The molecule has 14 heavy (non-hydrogen) atoms. The van der Waals surface area contributed by atoms with Gasteiger partial charge in [0.25, 0.3) is 0 Å². The van der Waals surface area contributed by atoms with Crippen molar-refractivity contribution in [3.05, 3.63) is 0 Å². The van der Waals surface area contributed by atoms with Crippen LogP contribution >= 0.6 is 0 Å². The number of hydrogen-bond donors (Lipinski definition) is 1. The highest BCUT2D eigenvalue weighted by Crippen LogP contribution is 2.39. The zero-order chi connectivity index (χ0) is 10.6. The van der Waals surface area contributed by atoms with E-state index in [1.54, 1.807) is 0 Å². The first kappa shape index (κ1) is 12.0. The van der Waals surface area contributed by atoms with E-state index in [9.17, 15) is 0 Å². The van der Waals surface area contributed by atoms with Gasteiger partial charge in [-0.25, -0.2) is 0 Å². The van der Waals surface area contributed by atoms with Crippen molar-refractivity contribution < 1.29 is 0 Å². The summed E-state index contributed by atoms with van der Waals surface area (Å²) in [6.45, 7) is 10.6. The number of rotatable bonds is 5. The van der Waals surface area contributed by atoms with Crippen LogP contribution in [-0.4, -0.2) is 12.6 Å². The first-order valence-corrected chi connectivity index (χ1v) is 6.29. The van der Waals surface area contributed by atoms with Gasteiger partial charge in [-0.2, -0.15) is 0 Å². The van der Waals surface area contributed by atoms with Gasteiger partial charge in [-0.3, -0.25) is 0 Å². The van der Waals surface area contributed by atoms with Crippen LogP contribution < -0.4 is 5.32 Å². The summed E-state index contributed by atoms with van der Waals surface area (Å²) in [5, 5.41) is 3.65. The van der Waals surface area contributed by atoms with Crippen molar-refractivity contribution in [2.24, 2.45) is 11.3 Å². The minimum Gasteiger partial charge on any atom is -0.314 e.